The van der Waals surface area contributed by atoms with E-state index in [0.717, 1.165) is 5.56 Å². The Bertz CT molecular complexity index is 885. The quantitative estimate of drug-likeness (QED) is 0.570. The molecule has 5 nitrogen and oxygen atoms in total. The highest BCUT2D eigenvalue weighted by Crippen LogP contribution is 2.28. The topological polar surface area (TPSA) is 77.7 Å². The maximum atomic E-state index is 10.7. The summed E-state index contributed by atoms with van der Waals surface area (Å²) < 4.78 is 5.68. The number of carbonyl (C=O) groups is 1. The van der Waals surface area contributed by atoms with Crippen LogP contribution in [0, 0.1) is 0 Å². The van der Waals surface area contributed by atoms with Crippen molar-refractivity contribution < 1.29 is 14.3 Å². The molecule has 0 aliphatic rings. The monoisotopic (exact) mass is 339 g/mol. The van der Waals surface area contributed by atoms with Gasteiger partial charge >= 0.3 is 0 Å². The molecule has 0 radical (unpaired) electrons. The third-order valence-electron chi connectivity index (χ3n) is 3.27. The zero-order valence-electron chi connectivity index (χ0n) is 12.4. The molecule has 24 heavy (non-hydrogen) atoms. The molecule has 3 rings (SSSR count). The summed E-state index contributed by atoms with van der Waals surface area (Å²) in [5.74, 6) is -0.00289. The van der Waals surface area contributed by atoms with E-state index in [1.807, 2.05) is 24.3 Å². The summed E-state index contributed by atoms with van der Waals surface area (Å²) in [7, 11) is 0. The van der Waals surface area contributed by atoms with Gasteiger partial charge in [0, 0.05) is 5.56 Å². The number of benzene rings is 2. The Morgan fingerprint density at radius 3 is 2.54 bits per heavy atom. The molecule has 0 spiro atoms. The predicted octanol–water partition coefficient (Wildman–Crippen LogP) is 3.41. The van der Waals surface area contributed by atoms with Crippen molar-refractivity contribution in [3.63, 3.8) is 0 Å². The average Bonchev–Trinajstić information content (AvgIpc) is 3.04. The molecule has 1 N–H and O–H groups in total. The van der Waals surface area contributed by atoms with E-state index < -0.39 is 5.97 Å². The lowest BCUT2D eigenvalue weighted by Gasteiger charge is -2.03. The van der Waals surface area contributed by atoms with E-state index in [4.69, 9.17) is 16.0 Å². The van der Waals surface area contributed by atoms with Crippen molar-refractivity contribution in [2.45, 2.75) is 0 Å². The standard InChI is InChI=1S/C18H13ClN2O3/c19-16-4-2-1-3-15(16)17-10-9-14(24-17)11-20-21-13-7-5-12(6-8-13)18(22)23/h1-11,21H,(H,22,23)/p-1/b20-11-. The second kappa shape index (κ2) is 7.02. The number of hydrazone groups is 1. The van der Waals surface area contributed by atoms with Crippen LogP contribution in [0.2, 0.25) is 5.02 Å². The minimum Gasteiger partial charge on any atom is -0.545 e. The first-order chi connectivity index (χ1) is 11.6. The summed E-state index contributed by atoms with van der Waals surface area (Å²) in [6.45, 7) is 0. The minimum atomic E-state index is -1.22. The molecule has 120 valence electrons. The Morgan fingerprint density at radius 2 is 1.83 bits per heavy atom. The van der Waals surface area contributed by atoms with Gasteiger partial charge in [-0.05, 0) is 42.0 Å². The molecule has 0 aliphatic carbocycles. The van der Waals surface area contributed by atoms with Gasteiger partial charge in [0.15, 0.2) is 0 Å². The predicted molar refractivity (Wildman–Crippen MR) is 91.1 cm³/mol. The zero-order chi connectivity index (χ0) is 16.9. The van der Waals surface area contributed by atoms with Crippen molar-refractivity contribution in [1.82, 2.24) is 0 Å². The number of halogens is 1. The number of hydrogen-bond acceptors (Lipinski definition) is 5. The van der Waals surface area contributed by atoms with Crippen LogP contribution >= 0.6 is 11.6 Å². The first-order valence-corrected chi connectivity index (χ1v) is 7.46. The number of rotatable bonds is 5. The van der Waals surface area contributed by atoms with Gasteiger partial charge in [-0.25, -0.2) is 0 Å². The van der Waals surface area contributed by atoms with Crippen LogP contribution < -0.4 is 10.5 Å². The highest BCUT2D eigenvalue weighted by molar-refractivity contribution is 6.33. The largest absolute Gasteiger partial charge is 0.545 e. The van der Waals surface area contributed by atoms with Crippen LogP contribution in [0.25, 0.3) is 11.3 Å². The lowest BCUT2D eigenvalue weighted by Crippen LogP contribution is -2.21. The van der Waals surface area contributed by atoms with E-state index in [1.54, 1.807) is 24.3 Å². The van der Waals surface area contributed by atoms with Gasteiger partial charge in [0.25, 0.3) is 0 Å². The highest BCUT2D eigenvalue weighted by Gasteiger charge is 2.06. The van der Waals surface area contributed by atoms with Crippen LogP contribution in [0.5, 0.6) is 0 Å². The lowest BCUT2D eigenvalue weighted by atomic mass is 10.2. The fourth-order valence-electron chi connectivity index (χ4n) is 2.08. The average molecular weight is 340 g/mol. The number of nitrogens with one attached hydrogen (secondary N) is 1. The van der Waals surface area contributed by atoms with Crippen LogP contribution in [0.4, 0.5) is 5.69 Å². The second-order valence-corrected chi connectivity index (χ2v) is 5.32. The van der Waals surface area contributed by atoms with Gasteiger partial charge in [-0.2, -0.15) is 5.10 Å². The molecule has 0 bridgehead atoms. The molecular weight excluding hydrogens is 328 g/mol. The van der Waals surface area contributed by atoms with Gasteiger partial charge < -0.3 is 14.3 Å². The molecule has 0 saturated carbocycles. The highest BCUT2D eigenvalue weighted by atomic mass is 35.5. The molecule has 2 aromatic carbocycles. The Morgan fingerprint density at radius 1 is 1.08 bits per heavy atom. The molecule has 0 unspecified atom stereocenters. The zero-order valence-corrected chi connectivity index (χ0v) is 13.2. The fraction of sp³-hybridized carbons (Fsp3) is 0. The first kappa shape index (κ1) is 15.8. The van der Waals surface area contributed by atoms with E-state index in [2.05, 4.69) is 10.5 Å². The molecule has 0 aliphatic heterocycles. The van der Waals surface area contributed by atoms with Gasteiger partial charge in [0.1, 0.15) is 11.5 Å². The number of nitrogens with zero attached hydrogens (tertiary/aromatic N) is 1. The molecule has 0 saturated heterocycles. The lowest BCUT2D eigenvalue weighted by molar-refractivity contribution is -0.255. The number of carbonyl (C=O) groups excluding carboxylic acids is 1. The normalized spacial score (nSPS) is 10.9. The SMILES string of the molecule is O=C([O-])c1ccc(N/N=C\c2ccc(-c3ccccc3Cl)o2)cc1. The second-order valence-electron chi connectivity index (χ2n) is 4.92. The molecule has 3 aromatic rings. The molecule has 0 atom stereocenters. The summed E-state index contributed by atoms with van der Waals surface area (Å²) >= 11 is 6.14. The van der Waals surface area contributed by atoms with Crippen molar-refractivity contribution in [3.05, 3.63) is 77.0 Å². The van der Waals surface area contributed by atoms with Crippen molar-refractivity contribution in [2.75, 3.05) is 5.43 Å². The van der Waals surface area contributed by atoms with Crippen molar-refractivity contribution in [2.24, 2.45) is 5.10 Å². The Balaban J connectivity index is 1.67. The minimum absolute atomic E-state index is 0.111. The summed E-state index contributed by atoms with van der Waals surface area (Å²) in [4.78, 5) is 10.7. The van der Waals surface area contributed by atoms with Gasteiger partial charge in [-0.3, -0.25) is 5.43 Å². The van der Waals surface area contributed by atoms with E-state index >= 15 is 0 Å². The van der Waals surface area contributed by atoms with Gasteiger partial charge in [0.2, 0.25) is 0 Å². The Labute approximate surface area is 143 Å². The fourth-order valence-corrected chi connectivity index (χ4v) is 2.31. The first-order valence-electron chi connectivity index (χ1n) is 7.09. The van der Waals surface area contributed by atoms with Crippen LogP contribution in [-0.2, 0) is 0 Å². The summed E-state index contributed by atoms with van der Waals surface area (Å²) in [6.07, 6.45) is 1.52. The number of carboxylic acids is 1. The summed E-state index contributed by atoms with van der Waals surface area (Å²) in [5.41, 5.74) is 4.36. The van der Waals surface area contributed by atoms with Gasteiger partial charge in [0.05, 0.1) is 22.9 Å². The van der Waals surface area contributed by atoms with Crippen molar-refractivity contribution in [1.29, 1.82) is 0 Å². The van der Waals surface area contributed by atoms with Crippen LogP contribution in [-0.4, -0.2) is 12.2 Å². The maximum Gasteiger partial charge on any atom is 0.147 e. The Hall–Kier alpha value is -3.05. The number of furan rings is 1. The molecule has 0 fully saturated rings. The van der Waals surface area contributed by atoms with Gasteiger partial charge in [-0.1, -0.05) is 35.9 Å². The molecule has 1 heterocycles. The molecule has 0 amide bonds. The number of aromatic carboxylic acids is 1. The summed E-state index contributed by atoms with van der Waals surface area (Å²) in [6, 6.07) is 17.1. The maximum absolute atomic E-state index is 10.7. The van der Waals surface area contributed by atoms with Gasteiger partial charge in [-0.15, -0.1) is 0 Å². The van der Waals surface area contributed by atoms with E-state index in [0.29, 0.717) is 22.2 Å². The van der Waals surface area contributed by atoms with Crippen LogP contribution in [0.15, 0.2) is 70.2 Å². The Kier molecular flexibility index (Phi) is 4.63. The van der Waals surface area contributed by atoms with E-state index in [1.165, 1.54) is 18.3 Å². The van der Waals surface area contributed by atoms with Crippen molar-refractivity contribution in [3.8, 4) is 11.3 Å². The number of hydrogen-bond donors (Lipinski definition) is 1. The third kappa shape index (κ3) is 3.64. The van der Waals surface area contributed by atoms with E-state index in [-0.39, 0.29) is 5.56 Å². The molecule has 1 aromatic heterocycles. The molecule has 6 heteroatoms. The molecular formula is C18H12ClN2O3-. The van der Waals surface area contributed by atoms with E-state index in [9.17, 15) is 9.90 Å². The third-order valence-corrected chi connectivity index (χ3v) is 3.60. The van der Waals surface area contributed by atoms with Crippen LogP contribution in [0.1, 0.15) is 16.1 Å². The number of carboxylic acid groups (broad SMARTS) is 1. The summed E-state index contributed by atoms with van der Waals surface area (Å²) in [5, 5.41) is 15.3. The van der Waals surface area contributed by atoms with Crippen LogP contribution in [0.3, 0.4) is 0 Å². The number of anilines is 1. The van der Waals surface area contributed by atoms with Crippen molar-refractivity contribution >= 4 is 29.5 Å². The smallest absolute Gasteiger partial charge is 0.147 e.